The Morgan fingerprint density at radius 3 is 1.76 bits per heavy atom. The zero-order chi connectivity index (χ0) is 11.3. The van der Waals surface area contributed by atoms with Gasteiger partial charge in [-0.05, 0) is 25.7 Å². The smallest absolute Gasteiger partial charge is 0.303 e. The molecule has 0 amide bonds. The number of fused-ring (bicyclic) bond motifs is 2. The maximum absolute atomic E-state index is 5.98. The third kappa shape index (κ3) is 1.73. The molecule has 0 radical (unpaired) electrons. The standard InChI is InChI=1S/C13H20O4/c1-3-9-7-14-13(16-11(9)5-1)15-8-10-4-2-6-12(10)17-13/h9-12H,1-8H2. The van der Waals surface area contributed by atoms with Crippen molar-refractivity contribution in [2.24, 2.45) is 11.8 Å². The zero-order valence-electron chi connectivity index (χ0n) is 10.1. The molecule has 2 heterocycles. The quantitative estimate of drug-likeness (QED) is 0.649. The van der Waals surface area contributed by atoms with E-state index in [1.807, 2.05) is 0 Å². The van der Waals surface area contributed by atoms with Crippen molar-refractivity contribution in [3.8, 4) is 0 Å². The summed E-state index contributed by atoms with van der Waals surface area (Å²) in [5, 5.41) is 0. The first-order valence-corrected chi connectivity index (χ1v) is 6.98. The summed E-state index contributed by atoms with van der Waals surface area (Å²) in [6.45, 7) is 1.45. The topological polar surface area (TPSA) is 36.9 Å². The number of rotatable bonds is 0. The van der Waals surface area contributed by atoms with Gasteiger partial charge in [0.2, 0.25) is 0 Å². The van der Waals surface area contributed by atoms with E-state index in [2.05, 4.69) is 0 Å². The molecule has 2 aliphatic heterocycles. The molecule has 2 aliphatic carbocycles. The second-order valence-electron chi connectivity index (χ2n) is 5.82. The highest BCUT2D eigenvalue weighted by atomic mass is 17.0. The Bertz CT molecular complexity index is 276. The molecule has 0 aromatic heterocycles. The molecule has 4 atom stereocenters. The highest BCUT2D eigenvalue weighted by Gasteiger charge is 2.53. The van der Waals surface area contributed by atoms with Gasteiger partial charge in [0.1, 0.15) is 0 Å². The van der Waals surface area contributed by atoms with E-state index >= 15 is 0 Å². The minimum Gasteiger partial charge on any atom is -0.303 e. The minimum atomic E-state index is -1.16. The highest BCUT2D eigenvalue weighted by Crippen LogP contribution is 2.44. The predicted octanol–water partition coefficient (Wildman–Crippen LogP) is 2.03. The van der Waals surface area contributed by atoms with Crippen molar-refractivity contribution < 1.29 is 18.9 Å². The molecule has 0 N–H and O–H groups in total. The summed E-state index contributed by atoms with van der Waals surface area (Å²) >= 11 is 0. The minimum absolute atomic E-state index is 0.279. The lowest BCUT2D eigenvalue weighted by Gasteiger charge is -2.45. The van der Waals surface area contributed by atoms with Crippen LogP contribution >= 0.6 is 0 Å². The van der Waals surface area contributed by atoms with E-state index < -0.39 is 6.16 Å². The van der Waals surface area contributed by atoms with E-state index in [0.717, 1.165) is 26.1 Å². The Morgan fingerprint density at radius 1 is 0.706 bits per heavy atom. The largest absolute Gasteiger partial charge is 0.413 e. The van der Waals surface area contributed by atoms with Gasteiger partial charge in [0.25, 0.3) is 0 Å². The lowest BCUT2D eigenvalue weighted by molar-refractivity contribution is -0.553. The van der Waals surface area contributed by atoms with Gasteiger partial charge in [-0.2, -0.15) is 0 Å². The van der Waals surface area contributed by atoms with E-state index in [4.69, 9.17) is 18.9 Å². The van der Waals surface area contributed by atoms with Crippen molar-refractivity contribution in [2.75, 3.05) is 13.2 Å². The van der Waals surface area contributed by atoms with Crippen molar-refractivity contribution in [2.45, 2.75) is 56.9 Å². The van der Waals surface area contributed by atoms with Crippen molar-refractivity contribution in [3.63, 3.8) is 0 Å². The van der Waals surface area contributed by atoms with Gasteiger partial charge < -0.3 is 9.47 Å². The highest BCUT2D eigenvalue weighted by molar-refractivity contribution is 4.85. The summed E-state index contributed by atoms with van der Waals surface area (Å²) in [7, 11) is 0. The van der Waals surface area contributed by atoms with Crippen LogP contribution in [0.4, 0.5) is 0 Å². The lowest BCUT2D eigenvalue weighted by atomic mass is 10.1. The molecule has 17 heavy (non-hydrogen) atoms. The fraction of sp³-hybridized carbons (Fsp3) is 1.00. The summed E-state index contributed by atoms with van der Waals surface area (Å²) in [6, 6.07) is 0. The van der Waals surface area contributed by atoms with Gasteiger partial charge in [0.15, 0.2) is 0 Å². The molecule has 4 nitrogen and oxygen atoms in total. The van der Waals surface area contributed by atoms with Crippen LogP contribution in [0.15, 0.2) is 0 Å². The molecule has 4 rings (SSSR count). The summed E-state index contributed by atoms with van der Waals surface area (Å²) in [6.07, 6.45) is 6.55. The molecule has 2 saturated carbocycles. The molecule has 4 aliphatic rings. The molecule has 2 saturated heterocycles. The van der Waals surface area contributed by atoms with Gasteiger partial charge in [0, 0.05) is 11.8 Å². The molecule has 0 bridgehead atoms. The Morgan fingerprint density at radius 2 is 1.24 bits per heavy atom. The maximum Gasteiger partial charge on any atom is 0.413 e. The summed E-state index contributed by atoms with van der Waals surface area (Å²) in [5.41, 5.74) is 0. The molecule has 96 valence electrons. The van der Waals surface area contributed by atoms with Crippen LogP contribution in [0.1, 0.15) is 38.5 Å². The third-order valence-electron chi connectivity index (χ3n) is 4.72. The summed E-state index contributed by atoms with van der Waals surface area (Å²) < 4.78 is 23.5. The van der Waals surface area contributed by atoms with Gasteiger partial charge in [0.05, 0.1) is 25.4 Å². The fourth-order valence-corrected chi connectivity index (χ4v) is 3.69. The normalized spacial score (nSPS) is 53.6. The first kappa shape index (κ1) is 10.7. The first-order valence-electron chi connectivity index (χ1n) is 6.98. The van der Waals surface area contributed by atoms with E-state index in [1.54, 1.807) is 0 Å². The zero-order valence-corrected chi connectivity index (χ0v) is 10.1. The number of hydrogen-bond acceptors (Lipinski definition) is 4. The molecule has 4 fully saturated rings. The SMILES string of the molecule is C1CC2COC3(OCC4CCCC4O3)OC2C1. The van der Waals surface area contributed by atoms with Crippen molar-refractivity contribution in [1.82, 2.24) is 0 Å². The number of hydrogen-bond donors (Lipinski definition) is 0. The van der Waals surface area contributed by atoms with Gasteiger partial charge in [-0.25, -0.2) is 0 Å². The second kappa shape index (κ2) is 3.92. The van der Waals surface area contributed by atoms with Gasteiger partial charge in [-0.3, -0.25) is 9.47 Å². The van der Waals surface area contributed by atoms with Crippen LogP contribution in [-0.2, 0) is 18.9 Å². The van der Waals surface area contributed by atoms with Crippen LogP contribution in [0.3, 0.4) is 0 Å². The molecule has 4 heteroatoms. The van der Waals surface area contributed by atoms with E-state index in [1.165, 1.54) is 25.7 Å². The van der Waals surface area contributed by atoms with Crippen LogP contribution in [0.5, 0.6) is 0 Å². The average molecular weight is 240 g/mol. The van der Waals surface area contributed by atoms with Crippen LogP contribution in [-0.4, -0.2) is 31.6 Å². The third-order valence-corrected chi connectivity index (χ3v) is 4.72. The average Bonchev–Trinajstić information content (AvgIpc) is 2.95. The molecular formula is C13H20O4. The van der Waals surface area contributed by atoms with Crippen molar-refractivity contribution >= 4 is 0 Å². The van der Waals surface area contributed by atoms with Gasteiger partial charge >= 0.3 is 6.16 Å². The van der Waals surface area contributed by atoms with Crippen LogP contribution in [0.25, 0.3) is 0 Å². The van der Waals surface area contributed by atoms with Crippen molar-refractivity contribution in [3.05, 3.63) is 0 Å². The number of ether oxygens (including phenoxy) is 4. The maximum atomic E-state index is 5.98. The first-order chi connectivity index (χ1) is 8.35. The van der Waals surface area contributed by atoms with E-state index in [0.29, 0.717) is 11.8 Å². The Labute approximate surface area is 102 Å². The Kier molecular flexibility index (Phi) is 2.47. The van der Waals surface area contributed by atoms with Crippen LogP contribution in [0, 0.1) is 11.8 Å². The lowest BCUT2D eigenvalue weighted by Crippen LogP contribution is -2.56. The Hall–Kier alpha value is -0.160. The van der Waals surface area contributed by atoms with Gasteiger partial charge in [-0.15, -0.1) is 0 Å². The molecular weight excluding hydrogens is 220 g/mol. The van der Waals surface area contributed by atoms with Crippen molar-refractivity contribution in [1.29, 1.82) is 0 Å². The van der Waals surface area contributed by atoms with E-state index in [-0.39, 0.29) is 12.2 Å². The monoisotopic (exact) mass is 240 g/mol. The van der Waals surface area contributed by atoms with E-state index in [9.17, 15) is 0 Å². The van der Waals surface area contributed by atoms with Crippen LogP contribution < -0.4 is 0 Å². The molecule has 4 unspecified atom stereocenters. The van der Waals surface area contributed by atoms with Gasteiger partial charge in [-0.1, -0.05) is 12.8 Å². The summed E-state index contributed by atoms with van der Waals surface area (Å²) in [4.78, 5) is 0. The predicted molar refractivity (Wildman–Crippen MR) is 59.1 cm³/mol. The second-order valence-corrected chi connectivity index (χ2v) is 5.82. The molecule has 1 spiro atoms. The Balaban J connectivity index is 1.49. The fourth-order valence-electron chi connectivity index (χ4n) is 3.69. The summed E-state index contributed by atoms with van der Waals surface area (Å²) in [5.74, 6) is 1.10. The molecule has 0 aromatic rings. The molecule has 0 aromatic carbocycles. The van der Waals surface area contributed by atoms with Crippen LogP contribution in [0.2, 0.25) is 0 Å².